The van der Waals surface area contributed by atoms with Crippen LogP contribution in [0.5, 0.6) is 5.75 Å². The van der Waals surface area contributed by atoms with Crippen molar-refractivity contribution in [3.63, 3.8) is 0 Å². The summed E-state index contributed by atoms with van der Waals surface area (Å²) in [6.07, 6.45) is 1.81. The summed E-state index contributed by atoms with van der Waals surface area (Å²) in [7, 11) is 0. The predicted molar refractivity (Wildman–Crippen MR) is 118 cm³/mol. The molecule has 0 spiro atoms. The van der Waals surface area contributed by atoms with Crippen LogP contribution in [-0.2, 0) is 4.79 Å². The van der Waals surface area contributed by atoms with Crippen LogP contribution in [-0.4, -0.2) is 18.7 Å². The second-order valence-corrected chi connectivity index (χ2v) is 7.30. The molecule has 0 aliphatic carbocycles. The molecule has 3 rings (SSSR count). The van der Waals surface area contributed by atoms with E-state index in [1.165, 1.54) is 5.56 Å². The molecule has 0 heterocycles. The molecule has 5 heteroatoms. The Morgan fingerprint density at radius 1 is 1.07 bits per heavy atom. The van der Waals surface area contributed by atoms with Gasteiger partial charge in [0.15, 0.2) is 6.61 Å². The third-order valence-electron chi connectivity index (χ3n) is 4.08. The highest BCUT2D eigenvalue weighted by atomic mass is 79.9. The van der Waals surface area contributed by atoms with E-state index in [9.17, 15) is 4.79 Å². The van der Waals surface area contributed by atoms with Crippen molar-refractivity contribution in [2.75, 3.05) is 11.9 Å². The number of hydrogen-bond acceptors (Lipinski definition) is 3. The highest BCUT2D eigenvalue weighted by molar-refractivity contribution is 9.10. The lowest BCUT2D eigenvalue weighted by Gasteiger charge is -2.09. The average Bonchev–Trinajstić information content (AvgIpc) is 2.67. The monoisotopic (exact) mass is 436 g/mol. The van der Waals surface area contributed by atoms with Gasteiger partial charge in [0.05, 0.1) is 10.2 Å². The van der Waals surface area contributed by atoms with Crippen molar-refractivity contribution in [3.05, 3.63) is 87.9 Å². The van der Waals surface area contributed by atoms with Crippen LogP contribution >= 0.6 is 15.9 Å². The second-order valence-electron chi connectivity index (χ2n) is 6.44. The maximum atomic E-state index is 12.0. The third kappa shape index (κ3) is 5.54. The normalized spacial score (nSPS) is 10.8. The van der Waals surface area contributed by atoms with Crippen molar-refractivity contribution >= 4 is 39.4 Å². The highest BCUT2D eigenvalue weighted by Crippen LogP contribution is 2.26. The molecule has 3 aromatic rings. The number of aliphatic imine (C=N–C) groups is 1. The van der Waals surface area contributed by atoms with E-state index >= 15 is 0 Å². The van der Waals surface area contributed by atoms with Crippen molar-refractivity contribution in [3.8, 4) is 5.75 Å². The number of aryl methyl sites for hydroxylation is 2. The van der Waals surface area contributed by atoms with Crippen molar-refractivity contribution in [1.29, 1.82) is 0 Å². The first-order valence-electron chi connectivity index (χ1n) is 8.90. The number of rotatable bonds is 6. The number of benzene rings is 3. The number of halogens is 1. The molecule has 0 saturated heterocycles. The molecular formula is C23H21BrN2O2. The van der Waals surface area contributed by atoms with Crippen molar-refractivity contribution in [2.45, 2.75) is 13.8 Å². The van der Waals surface area contributed by atoms with E-state index in [4.69, 9.17) is 4.74 Å². The fraction of sp³-hybridized carbons (Fsp3) is 0.130. The molecule has 0 atom stereocenters. The van der Waals surface area contributed by atoms with E-state index in [0.29, 0.717) is 5.75 Å². The molecule has 142 valence electrons. The molecule has 0 fully saturated rings. The molecular weight excluding hydrogens is 416 g/mol. The van der Waals surface area contributed by atoms with Crippen LogP contribution in [0.25, 0.3) is 0 Å². The van der Waals surface area contributed by atoms with E-state index in [1.54, 1.807) is 0 Å². The number of hydrogen-bond donors (Lipinski definition) is 1. The first-order chi connectivity index (χ1) is 13.5. The fourth-order valence-electron chi connectivity index (χ4n) is 2.67. The molecule has 0 aliphatic heterocycles. The maximum absolute atomic E-state index is 12.0. The lowest BCUT2D eigenvalue weighted by molar-refractivity contribution is -0.118. The highest BCUT2D eigenvalue weighted by Gasteiger charge is 2.07. The van der Waals surface area contributed by atoms with E-state index in [0.717, 1.165) is 27.0 Å². The van der Waals surface area contributed by atoms with E-state index < -0.39 is 0 Å². The molecule has 0 unspecified atom stereocenters. The van der Waals surface area contributed by atoms with E-state index in [-0.39, 0.29) is 12.5 Å². The molecule has 0 radical (unpaired) electrons. The van der Waals surface area contributed by atoms with Gasteiger partial charge in [-0.05, 0) is 77.3 Å². The molecule has 3 aromatic carbocycles. The van der Waals surface area contributed by atoms with Crippen LogP contribution in [0.2, 0.25) is 0 Å². The fourth-order valence-corrected chi connectivity index (χ4v) is 3.18. The quantitative estimate of drug-likeness (QED) is 0.493. The zero-order chi connectivity index (χ0) is 19.9. The number of ether oxygens (including phenoxy) is 1. The topological polar surface area (TPSA) is 50.7 Å². The van der Waals surface area contributed by atoms with Crippen LogP contribution in [0.1, 0.15) is 16.7 Å². The van der Waals surface area contributed by atoms with Gasteiger partial charge < -0.3 is 10.1 Å². The lowest BCUT2D eigenvalue weighted by Crippen LogP contribution is -2.20. The molecule has 0 saturated carbocycles. The van der Waals surface area contributed by atoms with E-state index in [2.05, 4.69) is 39.2 Å². The van der Waals surface area contributed by atoms with Gasteiger partial charge >= 0.3 is 0 Å². The van der Waals surface area contributed by atoms with Crippen molar-refractivity contribution in [1.82, 2.24) is 0 Å². The first kappa shape index (κ1) is 19.8. The van der Waals surface area contributed by atoms with Gasteiger partial charge in [-0.3, -0.25) is 9.79 Å². The number of anilines is 1. The number of carbonyl (C=O) groups excluding carboxylic acids is 1. The molecule has 0 aliphatic rings. The minimum atomic E-state index is -0.210. The summed E-state index contributed by atoms with van der Waals surface area (Å²) in [6, 6.07) is 21.1. The number of nitrogens with zero attached hydrogens (tertiary/aromatic N) is 1. The maximum Gasteiger partial charge on any atom is 0.262 e. The Morgan fingerprint density at radius 2 is 1.86 bits per heavy atom. The molecule has 1 amide bonds. The minimum Gasteiger partial charge on any atom is -0.483 e. The Labute approximate surface area is 173 Å². The van der Waals surface area contributed by atoms with E-state index in [1.807, 2.05) is 73.8 Å². The number of nitrogens with one attached hydrogen (secondary N) is 1. The summed E-state index contributed by atoms with van der Waals surface area (Å²) in [4.78, 5) is 16.6. The zero-order valence-electron chi connectivity index (χ0n) is 15.8. The Bertz CT molecular complexity index is 1000. The van der Waals surface area contributed by atoms with Crippen LogP contribution in [0, 0.1) is 13.8 Å². The van der Waals surface area contributed by atoms with Gasteiger partial charge in [0.1, 0.15) is 5.75 Å². The smallest absolute Gasteiger partial charge is 0.262 e. The van der Waals surface area contributed by atoms with Gasteiger partial charge in [0, 0.05) is 11.9 Å². The van der Waals surface area contributed by atoms with Gasteiger partial charge in [-0.2, -0.15) is 0 Å². The molecule has 28 heavy (non-hydrogen) atoms. The molecule has 0 aromatic heterocycles. The minimum absolute atomic E-state index is 0.0660. The Morgan fingerprint density at radius 3 is 2.57 bits per heavy atom. The van der Waals surface area contributed by atoms with Crippen molar-refractivity contribution < 1.29 is 9.53 Å². The third-order valence-corrected chi connectivity index (χ3v) is 4.70. The van der Waals surface area contributed by atoms with Gasteiger partial charge in [-0.1, -0.05) is 35.9 Å². The number of carbonyl (C=O) groups is 1. The predicted octanol–water partition coefficient (Wildman–Crippen LogP) is 5.83. The summed E-state index contributed by atoms with van der Waals surface area (Å²) < 4.78 is 6.39. The average molecular weight is 437 g/mol. The van der Waals surface area contributed by atoms with Crippen molar-refractivity contribution in [2.24, 2.45) is 4.99 Å². The summed E-state index contributed by atoms with van der Waals surface area (Å²) >= 11 is 3.50. The Kier molecular flexibility index (Phi) is 6.61. The summed E-state index contributed by atoms with van der Waals surface area (Å²) in [5, 5.41) is 2.79. The van der Waals surface area contributed by atoms with Crippen LogP contribution in [0.3, 0.4) is 0 Å². The van der Waals surface area contributed by atoms with Gasteiger partial charge in [0.2, 0.25) is 0 Å². The molecule has 0 bridgehead atoms. The second kappa shape index (κ2) is 9.33. The zero-order valence-corrected chi connectivity index (χ0v) is 17.4. The summed E-state index contributed by atoms with van der Waals surface area (Å²) in [5.41, 5.74) is 4.98. The SMILES string of the molecule is Cc1ccc(N=Cc2ccc(OCC(=O)Nc3ccccc3)c(Br)c2)c(C)c1. The first-order valence-corrected chi connectivity index (χ1v) is 9.69. The Balaban J connectivity index is 1.60. The molecule has 1 N–H and O–H groups in total. The largest absolute Gasteiger partial charge is 0.483 e. The standard InChI is InChI=1S/C23H21BrN2O2/c1-16-8-10-21(17(2)12-16)25-14-18-9-11-22(20(24)13-18)28-15-23(27)26-19-6-4-3-5-7-19/h3-14H,15H2,1-2H3,(H,26,27). The van der Waals surface area contributed by atoms with Crippen LogP contribution in [0.15, 0.2) is 76.2 Å². The Hall–Kier alpha value is -2.92. The molecule has 4 nitrogen and oxygen atoms in total. The number of para-hydroxylation sites is 1. The summed E-state index contributed by atoms with van der Waals surface area (Å²) in [5.74, 6) is 0.394. The lowest BCUT2D eigenvalue weighted by atomic mass is 10.1. The van der Waals surface area contributed by atoms with Gasteiger partial charge in [-0.25, -0.2) is 0 Å². The van der Waals surface area contributed by atoms with Crippen LogP contribution in [0.4, 0.5) is 11.4 Å². The van der Waals surface area contributed by atoms with Gasteiger partial charge in [-0.15, -0.1) is 0 Å². The summed E-state index contributed by atoms with van der Waals surface area (Å²) in [6.45, 7) is 4.05. The van der Waals surface area contributed by atoms with Crippen LogP contribution < -0.4 is 10.1 Å². The van der Waals surface area contributed by atoms with Gasteiger partial charge in [0.25, 0.3) is 5.91 Å². The number of amides is 1.